The molecule has 23 heavy (non-hydrogen) atoms. The predicted octanol–water partition coefficient (Wildman–Crippen LogP) is 1.53. The van der Waals surface area contributed by atoms with Gasteiger partial charge in [0, 0.05) is 37.7 Å². The summed E-state index contributed by atoms with van der Waals surface area (Å²) in [6.45, 7) is 7.38. The molecule has 1 amide bonds. The summed E-state index contributed by atoms with van der Waals surface area (Å²) in [5, 5.41) is 4.10. The Hall–Kier alpha value is -1.14. The fraction of sp³-hybridized carbons (Fsp3) is 0.588. The molecule has 0 radical (unpaired) electrons. The number of ether oxygens (including phenoxy) is 1. The summed E-state index contributed by atoms with van der Waals surface area (Å²) in [5.74, 6) is 0.193. The Labute approximate surface area is 142 Å². The van der Waals surface area contributed by atoms with Gasteiger partial charge in [-0.25, -0.2) is 0 Å². The van der Waals surface area contributed by atoms with Crippen molar-refractivity contribution in [1.29, 1.82) is 0 Å². The van der Waals surface area contributed by atoms with E-state index in [1.807, 2.05) is 36.1 Å². The third-order valence-corrected chi connectivity index (χ3v) is 4.95. The van der Waals surface area contributed by atoms with Crippen molar-refractivity contribution in [3.8, 4) is 0 Å². The van der Waals surface area contributed by atoms with Gasteiger partial charge in [0.2, 0.25) is 5.91 Å². The first-order valence-corrected chi connectivity index (χ1v) is 8.63. The summed E-state index contributed by atoms with van der Waals surface area (Å²) < 4.78 is 5.39. The molecule has 5 nitrogen and oxygen atoms in total. The van der Waals surface area contributed by atoms with Gasteiger partial charge < -0.3 is 15.0 Å². The van der Waals surface area contributed by atoms with Gasteiger partial charge in [0.15, 0.2) is 0 Å². The van der Waals surface area contributed by atoms with Gasteiger partial charge in [-0.3, -0.25) is 9.69 Å². The fourth-order valence-corrected chi connectivity index (χ4v) is 3.54. The SMILES string of the molecule is CC(C(=O)N1CCNCC1c1cccc(Cl)c1)N1CCOCC1. The molecule has 3 rings (SSSR count). The summed E-state index contributed by atoms with van der Waals surface area (Å²) >= 11 is 6.13. The summed E-state index contributed by atoms with van der Waals surface area (Å²) in [4.78, 5) is 17.3. The van der Waals surface area contributed by atoms with Gasteiger partial charge in [-0.15, -0.1) is 0 Å². The van der Waals surface area contributed by atoms with Crippen molar-refractivity contribution in [2.75, 3.05) is 45.9 Å². The highest BCUT2D eigenvalue weighted by molar-refractivity contribution is 6.30. The van der Waals surface area contributed by atoms with Gasteiger partial charge in [0.25, 0.3) is 0 Å². The first kappa shape index (κ1) is 16.7. The van der Waals surface area contributed by atoms with Gasteiger partial charge >= 0.3 is 0 Å². The van der Waals surface area contributed by atoms with Crippen LogP contribution in [0.1, 0.15) is 18.5 Å². The highest BCUT2D eigenvalue weighted by atomic mass is 35.5. The lowest BCUT2D eigenvalue weighted by Gasteiger charge is -2.41. The molecular weight excluding hydrogens is 314 g/mol. The maximum atomic E-state index is 13.0. The van der Waals surface area contributed by atoms with Crippen molar-refractivity contribution < 1.29 is 9.53 Å². The molecule has 2 unspecified atom stereocenters. The van der Waals surface area contributed by atoms with E-state index in [1.54, 1.807) is 0 Å². The lowest BCUT2D eigenvalue weighted by Crippen LogP contribution is -2.56. The normalized spacial score (nSPS) is 24.4. The zero-order valence-corrected chi connectivity index (χ0v) is 14.3. The van der Waals surface area contributed by atoms with E-state index in [4.69, 9.17) is 16.3 Å². The first-order chi connectivity index (χ1) is 11.2. The van der Waals surface area contributed by atoms with Gasteiger partial charge in [0.1, 0.15) is 0 Å². The number of amides is 1. The fourth-order valence-electron chi connectivity index (χ4n) is 3.34. The Morgan fingerprint density at radius 1 is 1.35 bits per heavy atom. The van der Waals surface area contributed by atoms with E-state index in [0.29, 0.717) is 18.2 Å². The van der Waals surface area contributed by atoms with Crippen molar-refractivity contribution in [1.82, 2.24) is 15.1 Å². The van der Waals surface area contributed by atoms with Crippen LogP contribution in [0.2, 0.25) is 5.02 Å². The Morgan fingerprint density at radius 2 is 2.13 bits per heavy atom. The molecule has 6 heteroatoms. The van der Waals surface area contributed by atoms with Crippen LogP contribution in [0.5, 0.6) is 0 Å². The molecule has 1 aromatic rings. The molecule has 2 aliphatic rings. The van der Waals surface area contributed by atoms with Crippen LogP contribution in [-0.2, 0) is 9.53 Å². The smallest absolute Gasteiger partial charge is 0.240 e. The van der Waals surface area contributed by atoms with Crippen LogP contribution in [-0.4, -0.2) is 67.7 Å². The van der Waals surface area contributed by atoms with Crippen LogP contribution < -0.4 is 5.32 Å². The van der Waals surface area contributed by atoms with Crippen molar-refractivity contribution in [3.63, 3.8) is 0 Å². The first-order valence-electron chi connectivity index (χ1n) is 8.25. The molecule has 2 atom stereocenters. The van der Waals surface area contributed by atoms with Crippen LogP contribution in [0.15, 0.2) is 24.3 Å². The third kappa shape index (κ3) is 3.86. The second-order valence-corrected chi connectivity index (χ2v) is 6.57. The number of carbonyl (C=O) groups is 1. The average Bonchev–Trinajstić information content (AvgIpc) is 2.61. The molecular formula is C17H24ClN3O2. The van der Waals surface area contributed by atoms with Crippen molar-refractivity contribution >= 4 is 17.5 Å². The number of halogens is 1. The van der Waals surface area contributed by atoms with E-state index in [9.17, 15) is 4.79 Å². The molecule has 0 spiro atoms. The van der Waals surface area contributed by atoms with Crippen molar-refractivity contribution in [2.24, 2.45) is 0 Å². The number of hydrogen-bond acceptors (Lipinski definition) is 4. The van der Waals surface area contributed by atoms with Crippen LogP contribution >= 0.6 is 11.6 Å². The van der Waals surface area contributed by atoms with E-state index >= 15 is 0 Å². The average molecular weight is 338 g/mol. The minimum atomic E-state index is -0.112. The van der Waals surface area contributed by atoms with Crippen LogP contribution in [0.25, 0.3) is 0 Å². The monoisotopic (exact) mass is 337 g/mol. The second-order valence-electron chi connectivity index (χ2n) is 6.13. The van der Waals surface area contributed by atoms with E-state index in [-0.39, 0.29) is 18.0 Å². The van der Waals surface area contributed by atoms with Crippen LogP contribution in [0, 0.1) is 0 Å². The standard InChI is InChI=1S/C17H24ClN3O2/c1-13(20-7-9-23-10-8-20)17(22)21-6-5-19-12-16(21)14-3-2-4-15(18)11-14/h2-4,11,13,16,19H,5-10,12H2,1H3. The Morgan fingerprint density at radius 3 is 2.87 bits per heavy atom. The summed E-state index contributed by atoms with van der Waals surface area (Å²) in [6, 6.07) is 7.74. The highest BCUT2D eigenvalue weighted by Gasteiger charge is 2.33. The van der Waals surface area contributed by atoms with E-state index in [0.717, 1.165) is 38.3 Å². The maximum absolute atomic E-state index is 13.0. The van der Waals surface area contributed by atoms with Crippen molar-refractivity contribution in [3.05, 3.63) is 34.9 Å². The number of nitrogens with zero attached hydrogens (tertiary/aromatic N) is 2. The molecule has 2 heterocycles. The number of rotatable bonds is 3. The van der Waals surface area contributed by atoms with Crippen LogP contribution in [0.4, 0.5) is 0 Å². The lowest BCUT2D eigenvalue weighted by atomic mass is 10.0. The molecule has 0 aliphatic carbocycles. The largest absolute Gasteiger partial charge is 0.379 e. The Kier molecular flexibility index (Phi) is 5.54. The highest BCUT2D eigenvalue weighted by Crippen LogP contribution is 2.26. The minimum absolute atomic E-state index is 0.0402. The molecule has 0 aromatic heterocycles. The molecule has 1 aromatic carbocycles. The van der Waals surface area contributed by atoms with E-state index < -0.39 is 0 Å². The number of hydrogen-bond donors (Lipinski definition) is 1. The van der Waals surface area contributed by atoms with Crippen molar-refractivity contribution in [2.45, 2.75) is 19.0 Å². The summed E-state index contributed by atoms with van der Waals surface area (Å²) in [6.07, 6.45) is 0. The molecule has 2 fully saturated rings. The van der Waals surface area contributed by atoms with Gasteiger partial charge in [-0.1, -0.05) is 23.7 Å². The van der Waals surface area contributed by atoms with Gasteiger partial charge in [-0.05, 0) is 24.6 Å². The van der Waals surface area contributed by atoms with Gasteiger partial charge in [0.05, 0.1) is 25.3 Å². The van der Waals surface area contributed by atoms with Gasteiger partial charge in [-0.2, -0.15) is 0 Å². The zero-order chi connectivity index (χ0) is 16.2. The molecule has 1 N–H and O–H groups in total. The summed E-state index contributed by atoms with van der Waals surface area (Å²) in [5.41, 5.74) is 1.09. The van der Waals surface area contributed by atoms with Crippen LogP contribution in [0.3, 0.4) is 0 Å². The third-order valence-electron chi connectivity index (χ3n) is 4.71. The number of piperazine rings is 1. The van der Waals surface area contributed by atoms with E-state index in [2.05, 4.69) is 10.2 Å². The summed E-state index contributed by atoms with van der Waals surface area (Å²) in [7, 11) is 0. The molecule has 2 saturated heterocycles. The number of morpholine rings is 1. The zero-order valence-electron chi connectivity index (χ0n) is 13.5. The Bertz CT molecular complexity index is 548. The Balaban J connectivity index is 1.76. The topological polar surface area (TPSA) is 44.8 Å². The second kappa shape index (κ2) is 7.62. The quantitative estimate of drug-likeness (QED) is 0.908. The minimum Gasteiger partial charge on any atom is -0.379 e. The predicted molar refractivity (Wildman–Crippen MR) is 90.6 cm³/mol. The molecule has 0 saturated carbocycles. The number of benzene rings is 1. The molecule has 126 valence electrons. The maximum Gasteiger partial charge on any atom is 0.240 e. The number of nitrogens with one attached hydrogen (secondary N) is 1. The molecule has 0 bridgehead atoms. The molecule has 2 aliphatic heterocycles. The lowest BCUT2D eigenvalue weighted by molar-refractivity contribution is -0.141. The number of carbonyl (C=O) groups excluding carboxylic acids is 1. The van der Waals surface area contributed by atoms with E-state index in [1.165, 1.54) is 0 Å².